The third kappa shape index (κ3) is 3.45. The number of methoxy groups -OCH3 is 1. The molecule has 0 atom stereocenters. The van der Waals surface area contributed by atoms with Crippen LogP contribution < -0.4 is 5.73 Å². The summed E-state index contributed by atoms with van der Waals surface area (Å²) >= 11 is 0. The van der Waals surface area contributed by atoms with Gasteiger partial charge in [0.15, 0.2) is 0 Å². The van der Waals surface area contributed by atoms with Gasteiger partial charge in [0.2, 0.25) is 0 Å². The van der Waals surface area contributed by atoms with E-state index in [1.54, 1.807) is 7.11 Å². The van der Waals surface area contributed by atoms with Crippen molar-refractivity contribution in [3.63, 3.8) is 0 Å². The number of rotatable bonds is 4. The number of nitrogens with two attached hydrogens (primary N) is 1. The Balaban J connectivity index is 1.84. The summed E-state index contributed by atoms with van der Waals surface area (Å²) in [6.45, 7) is 4.19. The normalized spacial score (nSPS) is 18.4. The van der Waals surface area contributed by atoms with E-state index in [0.29, 0.717) is 0 Å². The van der Waals surface area contributed by atoms with Gasteiger partial charge in [-0.05, 0) is 43.5 Å². The van der Waals surface area contributed by atoms with Crippen LogP contribution in [0.3, 0.4) is 0 Å². The van der Waals surface area contributed by atoms with Crippen molar-refractivity contribution in [2.75, 3.05) is 32.5 Å². The molecule has 0 bridgehead atoms. The fourth-order valence-electron chi connectivity index (χ4n) is 2.47. The van der Waals surface area contributed by atoms with Crippen molar-refractivity contribution in [3.05, 3.63) is 29.8 Å². The molecule has 1 heterocycles. The van der Waals surface area contributed by atoms with Gasteiger partial charge in [0.1, 0.15) is 0 Å². The van der Waals surface area contributed by atoms with Gasteiger partial charge in [0, 0.05) is 25.9 Å². The summed E-state index contributed by atoms with van der Waals surface area (Å²) < 4.78 is 5.22. The van der Waals surface area contributed by atoms with Crippen molar-refractivity contribution < 1.29 is 4.74 Å². The molecule has 2 N–H and O–H groups in total. The van der Waals surface area contributed by atoms with E-state index in [0.717, 1.165) is 37.8 Å². The molecule has 94 valence electrons. The Kier molecular flexibility index (Phi) is 4.40. The van der Waals surface area contributed by atoms with Gasteiger partial charge in [0.05, 0.1) is 0 Å². The van der Waals surface area contributed by atoms with Crippen LogP contribution in [-0.2, 0) is 11.3 Å². The number of ether oxygens (including phenoxy) is 1. The van der Waals surface area contributed by atoms with Crippen LogP contribution in [0.5, 0.6) is 0 Å². The summed E-state index contributed by atoms with van der Waals surface area (Å²) in [5, 5.41) is 0. The van der Waals surface area contributed by atoms with Crippen LogP contribution in [-0.4, -0.2) is 31.7 Å². The predicted octanol–water partition coefficient (Wildman–Crippen LogP) is 2.13. The first-order chi connectivity index (χ1) is 8.29. The zero-order valence-electron chi connectivity index (χ0n) is 10.6. The van der Waals surface area contributed by atoms with Gasteiger partial charge in [-0.3, -0.25) is 4.90 Å². The quantitative estimate of drug-likeness (QED) is 0.811. The van der Waals surface area contributed by atoms with Gasteiger partial charge < -0.3 is 10.5 Å². The highest BCUT2D eigenvalue weighted by Gasteiger charge is 2.19. The highest BCUT2D eigenvalue weighted by Crippen LogP contribution is 2.20. The first kappa shape index (κ1) is 12.4. The number of para-hydroxylation sites is 1. The average molecular weight is 234 g/mol. The Morgan fingerprint density at radius 3 is 2.65 bits per heavy atom. The lowest BCUT2D eigenvalue weighted by atomic mass is 9.97. The third-order valence-electron chi connectivity index (χ3n) is 3.56. The Hall–Kier alpha value is -1.06. The lowest BCUT2D eigenvalue weighted by Gasteiger charge is -2.31. The number of likely N-dealkylation sites (tertiary alicyclic amines) is 1. The topological polar surface area (TPSA) is 38.5 Å². The lowest BCUT2D eigenvalue weighted by Crippen LogP contribution is -2.34. The van der Waals surface area contributed by atoms with Crippen molar-refractivity contribution in [2.45, 2.75) is 19.4 Å². The van der Waals surface area contributed by atoms with Crippen LogP contribution in [0.4, 0.5) is 5.69 Å². The minimum atomic E-state index is 0.740. The van der Waals surface area contributed by atoms with E-state index >= 15 is 0 Å². The average Bonchev–Trinajstić information content (AvgIpc) is 2.35. The molecule has 0 aromatic heterocycles. The van der Waals surface area contributed by atoms with Gasteiger partial charge in [-0.1, -0.05) is 18.2 Å². The Labute approximate surface area is 104 Å². The maximum atomic E-state index is 5.97. The second-order valence-electron chi connectivity index (χ2n) is 4.87. The minimum absolute atomic E-state index is 0.740. The molecule has 1 aliphatic rings. The maximum Gasteiger partial charge on any atom is 0.0491 e. The molecule has 1 aromatic carbocycles. The number of anilines is 1. The smallest absolute Gasteiger partial charge is 0.0491 e. The molecule has 0 amide bonds. The predicted molar refractivity (Wildman–Crippen MR) is 70.7 cm³/mol. The molecule has 3 nitrogen and oxygen atoms in total. The number of piperidine rings is 1. The summed E-state index contributed by atoms with van der Waals surface area (Å²) in [7, 11) is 1.79. The SMILES string of the molecule is COCC1CCN(Cc2ccccc2N)CC1. The number of benzene rings is 1. The molecule has 1 saturated heterocycles. The fraction of sp³-hybridized carbons (Fsp3) is 0.571. The van der Waals surface area contributed by atoms with E-state index < -0.39 is 0 Å². The van der Waals surface area contributed by atoms with Crippen molar-refractivity contribution in [2.24, 2.45) is 5.92 Å². The molecule has 1 aromatic rings. The van der Waals surface area contributed by atoms with Crippen LogP contribution in [0.1, 0.15) is 18.4 Å². The molecule has 1 aliphatic heterocycles. The standard InChI is InChI=1S/C14H22N2O/c1-17-11-12-6-8-16(9-7-12)10-13-4-2-3-5-14(13)15/h2-5,12H,6-11,15H2,1H3. The molecule has 1 fully saturated rings. The lowest BCUT2D eigenvalue weighted by molar-refractivity contribution is 0.0969. The van der Waals surface area contributed by atoms with Gasteiger partial charge >= 0.3 is 0 Å². The van der Waals surface area contributed by atoms with Crippen LogP contribution in [0.25, 0.3) is 0 Å². The Morgan fingerprint density at radius 2 is 2.00 bits per heavy atom. The number of hydrogen-bond acceptors (Lipinski definition) is 3. The van der Waals surface area contributed by atoms with Crippen LogP contribution in [0.15, 0.2) is 24.3 Å². The molecule has 0 unspecified atom stereocenters. The Bertz CT molecular complexity index is 346. The largest absolute Gasteiger partial charge is 0.398 e. The van der Waals surface area contributed by atoms with Crippen LogP contribution in [0, 0.1) is 5.92 Å². The van der Waals surface area contributed by atoms with Crippen molar-refractivity contribution in [1.29, 1.82) is 0 Å². The van der Waals surface area contributed by atoms with Crippen LogP contribution >= 0.6 is 0 Å². The summed E-state index contributed by atoms with van der Waals surface area (Å²) in [6, 6.07) is 8.15. The molecular weight excluding hydrogens is 212 g/mol. The van der Waals surface area contributed by atoms with Crippen molar-refractivity contribution >= 4 is 5.69 Å². The molecule has 0 aliphatic carbocycles. The highest BCUT2D eigenvalue weighted by atomic mass is 16.5. The summed E-state index contributed by atoms with van der Waals surface area (Å²) in [4.78, 5) is 2.48. The molecule has 2 rings (SSSR count). The van der Waals surface area contributed by atoms with Crippen molar-refractivity contribution in [3.8, 4) is 0 Å². The second kappa shape index (κ2) is 6.03. The van der Waals surface area contributed by atoms with Gasteiger partial charge in [0.25, 0.3) is 0 Å². The van der Waals surface area contributed by atoms with E-state index in [2.05, 4.69) is 17.0 Å². The van der Waals surface area contributed by atoms with Gasteiger partial charge in [-0.15, -0.1) is 0 Å². The van der Waals surface area contributed by atoms with Crippen LogP contribution in [0.2, 0.25) is 0 Å². The third-order valence-corrected chi connectivity index (χ3v) is 3.56. The minimum Gasteiger partial charge on any atom is -0.398 e. The molecule has 0 saturated carbocycles. The zero-order chi connectivity index (χ0) is 12.1. The molecule has 0 spiro atoms. The number of nitrogens with zero attached hydrogens (tertiary/aromatic N) is 1. The first-order valence-electron chi connectivity index (χ1n) is 6.34. The number of hydrogen-bond donors (Lipinski definition) is 1. The summed E-state index contributed by atoms with van der Waals surface area (Å²) in [5.41, 5.74) is 8.12. The molecule has 3 heteroatoms. The fourth-order valence-corrected chi connectivity index (χ4v) is 2.47. The highest BCUT2D eigenvalue weighted by molar-refractivity contribution is 5.46. The summed E-state index contributed by atoms with van der Waals surface area (Å²) in [6.07, 6.45) is 2.47. The van der Waals surface area contributed by atoms with E-state index in [1.807, 2.05) is 12.1 Å². The first-order valence-corrected chi connectivity index (χ1v) is 6.34. The van der Waals surface area contributed by atoms with E-state index in [1.165, 1.54) is 18.4 Å². The second-order valence-corrected chi connectivity index (χ2v) is 4.87. The van der Waals surface area contributed by atoms with Crippen molar-refractivity contribution in [1.82, 2.24) is 4.90 Å². The van der Waals surface area contributed by atoms with E-state index in [9.17, 15) is 0 Å². The monoisotopic (exact) mass is 234 g/mol. The zero-order valence-corrected chi connectivity index (χ0v) is 10.6. The van der Waals surface area contributed by atoms with Gasteiger partial charge in [-0.2, -0.15) is 0 Å². The van der Waals surface area contributed by atoms with Gasteiger partial charge in [-0.25, -0.2) is 0 Å². The molecular formula is C14H22N2O. The summed E-state index contributed by atoms with van der Waals surface area (Å²) in [5.74, 6) is 0.740. The van der Waals surface area contributed by atoms with E-state index in [4.69, 9.17) is 10.5 Å². The molecule has 17 heavy (non-hydrogen) atoms. The number of nitrogen functional groups attached to an aromatic ring is 1. The Morgan fingerprint density at radius 1 is 1.29 bits per heavy atom. The molecule has 0 radical (unpaired) electrons. The maximum absolute atomic E-state index is 5.97. The van der Waals surface area contributed by atoms with E-state index in [-0.39, 0.29) is 0 Å².